The highest BCUT2D eigenvalue weighted by Gasteiger charge is 2.16. The molecule has 0 radical (unpaired) electrons. The van der Waals surface area contributed by atoms with E-state index in [1.54, 1.807) is 13.1 Å². The molecule has 4 aromatic rings. The van der Waals surface area contributed by atoms with Crippen molar-refractivity contribution in [3.63, 3.8) is 0 Å². The quantitative estimate of drug-likeness (QED) is 0.538. The summed E-state index contributed by atoms with van der Waals surface area (Å²) in [5, 5.41) is 5.13. The Morgan fingerprint density at radius 1 is 1.11 bits per heavy atom. The summed E-state index contributed by atoms with van der Waals surface area (Å²) in [7, 11) is 0. The number of ether oxygens (including phenoxy) is 1. The molecular weight excluding hydrogens is 354 g/mol. The zero-order valence-corrected chi connectivity index (χ0v) is 15.7. The highest BCUT2D eigenvalue weighted by molar-refractivity contribution is 5.83. The number of hydrogen-bond donors (Lipinski definition) is 0. The van der Waals surface area contributed by atoms with Gasteiger partial charge in [-0.05, 0) is 43.0 Å². The van der Waals surface area contributed by atoms with Crippen LogP contribution in [0, 0.1) is 12.8 Å². The van der Waals surface area contributed by atoms with Crippen molar-refractivity contribution in [1.82, 2.24) is 24.7 Å². The maximum Gasteiger partial charge on any atom is 0.223 e. The highest BCUT2D eigenvalue weighted by atomic mass is 16.5. The minimum absolute atomic E-state index is 0.541. The van der Waals surface area contributed by atoms with Crippen LogP contribution in [0.1, 0.15) is 18.7 Å². The van der Waals surface area contributed by atoms with Crippen LogP contribution in [0.15, 0.2) is 47.4 Å². The topological polar surface area (TPSA) is 78.9 Å². The summed E-state index contributed by atoms with van der Waals surface area (Å²) in [4.78, 5) is 13.4. The standard InChI is InChI=1S/C21H21N5O2/c1-14-24-21(25-28-14)16-2-6-22-18(10-16)19-11-20-17(12-23-19)3-7-26(20)13-15-4-8-27-9-5-15/h2-3,6-7,10-12,15H,4-5,8-9,13H2,1H3. The van der Waals surface area contributed by atoms with Gasteiger partial charge in [-0.1, -0.05) is 5.16 Å². The third kappa shape index (κ3) is 3.29. The van der Waals surface area contributed by atoms with E-state index >= 15 is 0 Å². The van der Waals surface area contributed by atoms with Crippen LogP contribution in [0.25, 0.3) is 33.7 Å². The lowest BCUT2D eigenvalue weighted by Crippen LogP contribution is -2.20. The largest absolute Gasteiger partial charge is 0.381 e. The van der Waals surface area contributed by atoms with Gasteiger partial charge < -0.3 is 13.8 Å². The molecule has 142 valence electrons. The molecule has 28 heavy (non-hydrogen) atoms. The Morgan fingerprint density at radius 3 is 2.79 bits per heavy atom. The third-order valence-electron chi connectivity index (χ3n) is 5.26. The predicted octanol–water partition coefficient (Wildman–Crippen LogP) is 3.88. The SMILES string of the molecule is Cc1nc(-c2ccnc(-c3cc4c(ccn4CC4CCOCC4)cn3)c2)no1. The van der Waals surface area contributed by atoms with Gasteiger partial charge in [-0.2, -0.15) is 4.98 Å². The molecule has 0 amide bonds. The maximum absolute atomic E-state index is 5.49. The van der Waals surface area contributed by atoms with Crippen LogP contribution in [0.3, 0.4) is 0 Å². The molecule has 0 N–H and O–H groups in total. The first-order valence-electron chi connectivity index (χ1n) is 9.56. The molecule has 0 saturated carbocycles. The first kappa shape index (κ1) is 17.1. The number of aromatic nitrogens is 5. The lowest BCUT2D eigenvalue weighted by atomic mass is 10.0. The molecule has 0 bridgehead atoms. The van der Waals surface area contributed by atoms with E-state index in [0.29, 0.717) is 17.6 Å². The van der Waals surface area contributed by atoms with Gasteiger partial charge >= 0.3 is 0 Å². The molecule has 5 heterocycles. The van der Waals surface area contributed by atoms with Gasteiger partial charge in [-0.15, -0.1) is 0 Å². The van der Waals surface area contributed by atoms with Crippen molar-refractivity contribution in [3.8, 4) is 22.8 Å². The van der Waals surface area contributed by atoms with Gasteiger partial charge in [-0.3, -0.25) is 9.97 Å². The van der Waals surface area contributed by atoms with Crippen molar-refractivity contribution in [2.24, 2.45) is 5.92 Å². The monoisotopic (exact) mass is 375 g/mol. The number of pyridine rings is 2. The van der Waals surface area contributed by atoms with Crippen LogP contribution in [-0.2, 0) is 11.3 Å². The van der Waals surface area contributed by atoms with Gasteiger partial charge in [0.1, 0.15) is 0 Å². The molecule has 0 aromatic carbocycles. The Kier molecular flexibility index (Phi) is 4.37. The molecule has 7 heteroatoms. The van der Waals surface area contributed by atoms with Crippen LogP contribution in [0.2, 0.25) is 0 Å². The van der Waals surface area contributed by atoms with E-state index in [2.05, 4.69) is 43.0 Å². The maximum atomic E-state index is 5.49. The molecule has 7 nitrogen and oxygen atoms in total. The number of hydrogen-bond acceptors (Lipinski definition) is 6. The van der Waals surface area contributed by atoms with Gasteiger partial charge in [-0.25, -0.2) is 0 Å². The fraction of sp³-hybridized carbons (Fsp3) is 0.333. The smallest absolute Gasteiger partial charge is 0.223 e. The van der Waals surface area contributed by atoms with Crippen LogP contribution in [-0.4, -0.2) is 37.9 Å². The Labute approximate surface area is 162 Å². The van der Waals surface area contributed by atoms with E-state index < -0.39 is 0 Å². The number of rotatable bonds is 4. The molecule has 0 spiro atoms. The van der Waals surface area contributed by atoms with Crippen molar-refractivity contribution < 1.29 is 9.26 Å². The molecule has 1 fully saturated rings. The number of nitrogens with zero attached hydrogens (tertiary/aromatic N) is 5. The first-order valence-corrected chi connectivity index (χ1v) is 9.56. The molecule has 0 atom stereocenters. The molecule has 4 aromatic heterocycles. The van der Waals surface area contributed by atoms with E-state index in [4.69, 9.17) is 9.26 Å². The normalized spacial score (nSPS) is 15.3. The molecule has 0 aliphatic carbocycles. The zero-order valence-electron chi connectivity index (χ0n) is 15.7. The van der Waals surface area contributed by atoms with E-state index in [1.165, 1.54) is 5.52 Å². The Balaban J connectivity index is 1.48. The second kappa shape index (κ2) is 7.16. The zero-order chi connectivity index (χ0) is 18.9. The molecule has 1 aliphatic heterocycles. The van der Waals surface area contributed by atoms with Gasteiger partial charge in [0.25, 0.3) is 0 Å². The number of aryl methyl sites for hydroxylation is 1. The average molecular weight is 375 g/mol. The summed E-state index contributed by atoms with van der Waals surface area (Å²) in [6.07, 6.45) is 8.05. The van der Waals surface area contributed by atoms with Gasteiger partial charge in [0, 0.05) is 56.2 Å². The fourth-order valence-corrected chi connectivity index (χ4v) is 3.72. The van der Waals surface area contributed by atoms with Crippen molar-refractivity contribution in [2.45, 2.75) is 26.3 Å². The Morgan fingerprint density at radius 2 is 1.96 bits per heavy atom. The predicted molar refractivity (Wildman–Crippen MR) is 105 cm³/mol. The average Bonchev–Trinajstić information content (AvgIpc) is 3.35. The minimum Gasteiger partial charge on any atom is -0.381 e. The molecule has 1 aliphatic rings. The van der Waals surface area contributed by atoms with Crippen molar-refractivity contribution in [3.05, 3.63) is 48.7 Å². The molecule has 0 unspecified atom stereocenters. The van der Waals surface area contributed by atoms with Gasteiger partial charge in [0.15, 0.2) is 0 Å². The summed E-state index contributed by atoms with van der Waals surface area (Å²) < 4.78 is 12.9. The summed E-state index contributed by atoms with van der Waals surface area (Å²) in [6, 6.07) is 8.06. The van der Waals surface area contributed by atoms with E-state index in [0.717, 1.165) is 54.9 Å². The number of fused-ring (bicyclic) bond motifs is 1. The second-order valence-electron chi connectivity index (χ2n) is 7.22. The van der Waals surface area contributed by atoms with Gasteiger partial charge in [0.05, 0.1) is 16.9 Å². The second-order valence-corrected chi connectivity index (χ2v) is 7.22. The highest BCUT2D eigenvalue weighted by Crippen LogP contribution is 2.26. The van der Waals surface area contributed by atoms with Crippen molar-refractivity contribution in [1.29, 1.82) is 0 Å². The Bertz CT molecular complexity index is 1110. The minimum atomic E-state index is 0.541. The summed E-state index contributed by atoms with van der Waals surface area (Å²) in [5.74, 6) is 1.76. The van der Waals surface area contributed by atoms with Crippen LogP contribution in [0.4, 0.5) is 0 Å². The van der Waals surface area contributed by atoms with Crippen molar-refractivity contribution >= 4 is 10.9 Å². The summed E-state index contributed by atoms with van der Waals surface area (Å²) in [5.41, 5.74) is 3.67. The summed E-state index contributed by atoms with van der Waals surface area (Å²) >= 11 is 0. The van der Waals surface area contributed by atoms with Crippen LogP contribution in [0.5, 0.6) is 0 Å². The lowest BCUT2D eigenvalue weighted by molar-refractivity contribution is 0.0616. The third-order valence-corrected chi connectivity index (χ3v) is 5.26. The van der Waals surface area contributed by atoms with Gasteiger partial charge in [0.2, 0.25) is 11.7 Å². The van der Waals surface area contributed by atoms with E-state index in [-0.39, 0.29) is 0 Å². The first-order chi connectivity index (χ1) is 13.8. The van der Waals surface area contributed by atoms with E-state index in [9.17, 15) is 0 Å². The molecule has 5 rings (SSSR count). The molecule has 1 saturated heterocycles. The fourth-order valence-electron chi connectivity index (χ4n) is 3.72. The van der Waals surface area contributed by atoms with Crippen LogP contribution < -0.4 is 0 Å². The lowest BCUT2D eigenvalue weighted by Gasteiger charge is -2.22. The summed E-state index contributed by atoms with van der Waals surface area (Å²) in [6.45, 7) is 4.51. The van der Waals surface area contributed by atoms with Crippen molar-refractivity contribution in [2.75, 3.05) is 13.2 Å². The Hall–Kier alpha value is -3.06. The van der Waals surface area contributed by atoms with E-state index in [1.807, 2.05) is 18.3 Å². The van der Waals surface area contributed by atoms with Crippen LogP contribution >= 0.6 is 0 Å². The molecular formula is C21H21N5O2.